The molecule has 0 aliphatic carbocycles. The molecule has 0 bridgehead atoms. The summed E-state index contributed by atoms with van der Waals surface area (Å²) < 4.78 is 0. The third kappa shape index (κ3) is 4.40. The Morgan fingerprint density at radius 3 is 2.00 bits per heavy atom. The zero-order valence-corrected chi connectivity index (χ0v) is 12.4. The summed E-state index contributed by atoms with van der Waals surface area (Å²) in [5.74, 6) is 6.78. The van der Waals surface area contributed by atoms with Crippen molar-refractivity contribution in [1.29, 1.82) is 0 Å². The molecular weight excluding hydrogens is 220 g/mol. The van der Waals surface area contributed by atoms with Gasteiger partial charge in [0.05, 0.1) is 8.07 Å². The lowest BCUT2D eigenvalue weighted by atomic mass is 10.2. The maximum absolute atomic E-state index is 3.44. The number of rotatable bonds is 5. The summed E-state index contributed by atoms with van der Waals surface area (Å²) in [4.78, 5) is 0. The lowest BCUT2D eigenvalue weighted by molar-refractivity contribution is 1.15. The molecule has 0 saturated carbocycles. The average Bonchev–Trinajstić information content (AvgIpc) is 2.41. The highest BCUT2D eigenvalue weighted by atomic mass is 28.3. The Hall–Kier alpha value is -1.00. The first-order chi connectivity index (χ1) is 8.26. The van der Waals surface area contributed by atoms with Crippen molar-refractivity contribution < 1.29 is 0 Å². The standard InChI is InChI=1S/C16H24Si/c1-4-17(5-2,6-3)15-11-10-14-16-12-8-7-9-13-16/h7-9,12-13H,4-6,14-15H2,1-3H3. The minimum absolute atomic E-state index is 0.905. The van der Waals surface area contributed by atoms with E-state index in [0.29, 0.717) is 0 Å². The van der Waals surface area contributed by atoms with Gasteiger partial charge >= 0.3 is 0 Å². The van der Waals surface area contributed by atoms with E-state index in [0.717, 1.165) is 6.42 Å². The van der Waals surface area contributed by atoms with Gasteiger partial charge in [0.15, 0.2) is 0 Å². The summed E-state index contributed by atoms with van der Waals surface area (Å²) in [6, 6.07) is 15.8. The molecule has 92 valence electrons. The molecule has 0 aliphatic heterocycles. The van der Waals surface area contributed by atoms with Crippen LogP contribution in [-0.2, 0) is 6.42 Å². The van der Waals surface area contributed by atoms with Crippen LogP contribution in [-0.4, -0.2) is 8.07 Å². The van der Waals surface area contributed by atoms with E-state index < -0.39 is 8.07 Å². The van der Waals surface area contributed by atoms with Crippen LogP contribution in [0.2, 0.25) is 24.2 Å². The summed E-state index contributed by atoms with van der Waals surface area (Å²) in [5.41, 5.74) is 1.33. The van der Waals surface area contributed by atoms with E-state index in [-0.39, 0.29) is 0 Å². The Morgan fingerprint density at radius 1 is 0.882 bits per heavy atom. The number of hydrogen-bond acceptors (Lipinski definition) is 0. The van der Waals surface area contributed by atoms with Crippen LogP contribution >= 0.6 is 0 Å². The summed E-state index contributed by atoms with van der Waals surface area (Å²) in [6.07, 6.45) is 0.905. The van der Waals surface area contributed by atoms with Gasteiger partial charge in [-0.1, -0.05) is 75.2 Å². The van der Waals surface area contributed by atoms with Crippen LogP contribution in [0.1, 0.15) is 26.3 Å². The quantitative estimate of drug-likeness (QED) is 0.518. The highest BCUT2D eigenvalue weighted by molar-refractivity contribution is 6.80. The molecule has 0 fully saturated rings. The predicted molar refractivity (Wildman–Crippen MR) is 79.9 cm³/mol. The Kier molecular flexibility index (Phi) is 6.08. The van der Waals surface area contributed by atoms with Gasteiger partial charge in [-0.05, 0) is 5.56 Å². The van der Waals surface area contributed by atoms with E-state index in [1.165, 1.54) is 29.7 Å². The van der Waals surface area contributed by atoms with Gasteiger partial charge in [-0.25, -0.2) is 0 Å². The van der Waals surface area contributed by atoms with E-state index in [1.807, 2.05) is 0 Å². The van der Waals surface area contributed by atoms with Gasteiger partial charge in [0, 0.05) is 12.5 Å². The summed E-state index contributed by atoms with van der Waals surface area (Å²) in [7, 11) is -1.03. The van der Waals surface area contributed by atoms with Crippen molar-refractivity contribution in [3.63, 3.8) is 0 Å². The van der Waals surface area contributed by atoms with Gasteiger partial charge in [-0.15, -0.1) is 5.92 Å². The van der Waals surface area contributed by atoms with Crippen LogP contribution in [0.15, 0.2) is 30.3 Å². The molecule has 0 spiro atoms. The predicted octanol–water partition coefficient (Wildman–Crippen LogP) is 4.74. The molecule has 0 amide bonds. The van der Waals surface area contributed by atoms with E-state index in [1.54, 1.807) is 0 Å². The molecule has 0 aromatic heterocycles. The Balaban J connectivity index is 2.51. The van der Waals surface area contributed by atoms with Crippen molar-refractivity contribution in [3.8, 4) is 11.8 Å². The average molecular weight is 244 g/mol. The van der Waals surface area contributed by atoms with Gasteiger partial charge < -0.3 is 0 Å². The first kappa shape index (κ1) is 14.1. The van der Waals surface area contributed by atoms with Gasteiger partial charge in [0.25, 0.3) is 0 Å². The van der Waals surface area contributed by atoms with Crippen molar-refractivity contribution in [3.05, 3.63) is 35.9 Å². The molecule has 1 rings (SSSR count). The Labute approximate surface area is 107 Å². The molecule has 1 heteroatoms. The second-order valence-corrected chi connectivity index (χ2v) is 10.2. The van der Waals surface area contributed by atoms with E-state index in [9.17, 15) is 0 Å². The highest BCUT2D eigenvalue weighted by Crippen LogP contribution is 2.24. The number of hydrogen-bond donors (Lipinski definition) is 0. The fraction of sp³-hybridized carbons (Fsp3) is 0.500. The van der Waals surface area contributed by atoms with Crippen molar-refractivity contribution in [2.45, 2.75) is 51.4 Å². The molecule has 0 aliphatic rings. The zero-order chi connectivity index (χ0) is 12.6. The maximum Gasteiger partial charge on any atom is 0.0656 e. The van der Waals surface area contributed by atoms with Gasteiger partial charge in [0.1, 0.15) is 0 Å². The van der Waals surface area contributed by atoms with Gasteiger partial charge in [-0.2, -0.15) is 0 Å². The van der Waals surface area contributed by atoms with Crippen LogP contribution in [0.25, 0.3) is 0 Å². The monoisotopic (exact) mass is 244 g/mol. The lowest BCUT2D eigenvalue weighted by Crippen LogP contribution is -2.30. The molecule has 1 aromatic carbocycles. The van der Waals surface area contributed by atoms with Gasteiger partial charge in [-0.3, -0.25) is 0 Å². The van der Waals surface area contributed by atoms with Crippen molar-refractivity contribution in [2.75, 3.05) is 0 Å². The van der Waals surface area contributed by atoms with E-state index in [4.69, 9.17) is 0 Å². The molecule has 0 atom stereocenters. The van der Waals surface area contributed by atoms with Crippen molar-refractivity contribution >= 4 is 8.07 Å². The first-order valence-electron chi connectivity index (χ1n) is 6.76. The molecule has 0 saturated heterocycles. The lowest BCUT2D eigenvalue weighted by Gasteiger charge is -2.25. The fourth-order valence-electron chi connectivity index (χ4n) is 2.14. The van der Waals surface area contributed by atoms with Crippen molar-refractivity contribution in [1.82, 2.24) is 0 Å². The molecule has 0 unspecified atom stereocenters. The minimum atomic E-state index is -1.03. The van der Waals surface area contributed by atoms with E-state index >= 15 is 0 Å². The van der Waals surface area contributed by atoms with E-state index in [2.05, 4.69) is 62.9 Å². The molecule has 1 aromatic rings. The third-order valence-electron chi connectivity index (χ3n) is 3.97. The third-order valence-corrected chi connectivity index (χ3v) is 9.40. The minimum Gasteiger partial charge on any atom is -0.106 e. The Morgan fingerprint density at radius 2 is 1.47 bits per heavy atom. The molecule has 0 nitrogen and oxygen atoms in total. The summed E-state index contributed by atoms with van der Waals surface area (Å²) in [5, 5.41) is 0. The van der Waals surface area contributed by atoms with Crippen molar-refractivity contribution in [2.24, 2.45) is 0 Å². The fourth-order valence-corrected chi connectivity index (χ4v) is 4.89. The summed E-state index contributed by atoms with van der Waals surface area (Å²) >= 11 is 0. The highest BCUT2D eigenvalue weighted by Gasteiger charge is 2.24. The largest absolute Gasteiger partial charge is 0.106 e. The maximum atomic E-state index is 3.44. The van der Waals surface area contributed by atoms with Crippen LogP contribution in [0, 0.1) is 11.8 Å². The zero-order valence-electron chi connectivity index (χ0n) is 11.4. The Bertz CT molecular complexity index is 357. The van der Waals surface area contributed by atoms with Crippen LogP contribution < -0.4 is 0 Å². The second-order valence-electron chi connectivity index (χ2n) is 4.75. The van der Waals surface area contributed by atoms with Crippen LogP contribution in [0.3, 0.4) is 0 Å². The van der Waals surface area contributed by atoms with Crippen LogP contribution in [0.5, 0.6) is 0 Å². The van der Waals surface area contributed by atoms with Gasteiger partial charge in [0.2, 0.25) is 0 Å². The number of benzene rings is 1. The molecular formula is C16H24Si. The molecule has 0 radical (unpaired) electrons. The molecule has 0 heterocycles. The molecule has 0 N–H and O–H groups in total. The SMILES string of the molecule is CC[Si](CC)(CC)CC#CCc1ccccc1. The first-order valence-corrected chi connectivity index (χ1v) is 9.59. The topological polar surface area (TPSA) is 0 Å². The van der Waals surface area contributed by atoms with Crippen LogP contribution in [0.4, 0.5) is 0 Å². The second kappa shape index (κ2) is 7.35. The molecule has 17 heavy (non-hydrogen) atoms. The smallest absolute Gasteiger partial charge is 0.0656 e. The summed E-state index contributed by atoms with van der Waals surface area (Å²) in [6.45, 7) is 7.04. The normalized spacial score (nSPS) is 10.8.